The number of halogens is 1. The number of nitrogens with one attached hydrogen (secondary N) is 1. The number of rotatable bonds is 6. The van der Waals surface area contributed by atoms with Crippen LogP contribution in [0, 0.1) is 0 Å². The highest BCUT2D eigenvalue weighted by molar-refractivity contribution is 7.89. The first-order valence-electron chi connectivity index (χ1n) is 8.08. The van der Waals surface area contributed by atoms with Gasteiger partial charge in [-0.3, -0.25) is 4.90 Å². The Morgan fingerprint density at radius 2 is 2.00 bits per heavy atom. The van der Waals surface area contributed by atoms with E-state index in [9.17, 15) is 8.42 Å². The number of sulfonamides is 1. The van der Waals surface area contributed by atoms with Crippen LogP contribution in [0.4, 0.5) is 0 Å². The van der Waals surface area contributed by atoms with Crippen molar-refractivity contribution in [3.63, 3.8) is 0 Å². The van der Waals surface area contributed by atoms with E-state index in [-0.39, 0.29) is 10.9 Å². The molecule has 0 saturated carbocycles. The topological polar surface area (TPSA) is 49.4 Å². The molecule has 3 rings (SSSR count). The molecule has 0 amide bonds. The number of nitrogens with zero attached hydrogens (tertiary/aromatic N) is 1. The molecule has 1 aromatic heterocycles. The lowest BCUT2D eigenvalue weighted by Gasteiger charge is -2.34. The molecule has 24 heavy (non-hydrogen) atoms. The standard InChI is InChI=1S/C17H21ClN2O2S2/c18-15-5-4-6-16(11-15)24(21,22)19-12-17(14-7-10-23-13-14)20-8-2-1-3-9-20/h4-7,10-11,13,17,19H,1-3,8-9,12H2. The van der Waals surface area contributed by atoms with Crippen molar-refractivity contribution in [2.45, 2.75) is 30.2 Å². The lowest BCUT2D eigenvalue weighted by atomic mass is 10.0. The van der Waals surface area contributed by atoms with Crippen LogP contribution in [0.5, 0.6) is 0 Å². The summed E-state index contributed by atoms with van der Waals surface area (Å²) in [5.41, 5.74) is 1.18. The van der Waals surface area contributed by atoms with Gasteiger partial charge in [0.1, 0.15) is 0 Å². The van der Waals surface area contributed by atoms with Gasteiger partial charge in [-0.05, 0) is 66.5 Å². The molecule has 1 N–H and O–H groups in total. The average molecular weight is 385 g/mol. The molecule has 0 bridgehead atoms. The molecule has 1 unspecified atom stereocenters. The molecule has 2 aromatic rings. The van der Waals surface area contributed by atoms with Crippen molar-refractivity contribution in [3.8, 4) is 0 Å². The van der Waals surface area contributed by atoms with Gasteiger partial charge < -0.3 is 0 Å². The molecular formula is C17H21ClN2O2S2. The summed E-state index contributed by atoms with van der Waals surface area (Å²) >= 11 is 7.56. The molecule has 130 valence electrons. The monoisotopic (exact) mass is 384 g/mol. The largest absolute Gasteiger partial charge is 0.295 e. The van der Waals surface area contributed by atoms with Crippen LogP contribution in [-0.4, -0.2) is 33.0 Å². The second kappa shape index (κ2) is 7.97. The van der Waals surface area contributed by atoms with Gasteiger partial charge in [0.25, 0.3) is 0 Å². The summed E-state index contributed by atoms with van der Waals surface area (Å²) in [7, 11) is -3.57. The molecule has 1 fully saturated rings. The summed E-state index contributed by atoms with van der Waals surface area (Å²) in [5.74, 6) is 0. The Kier molecular flexibility index (Phi) is 5.94. The van der Waals surface area contributed by atoms with Crippen LogP contribution in [-0.2, 0) is 10.0 Å². The van der Waals surface area contributed by atoms with Crippen LogP contribution in [0.25, 0.3) is 0 Å². The highest BCUT2D eigenvalue weighted by Crippen LogP contribution is 2.26. The smallest absolute Gasteiger partial charge is 0.240 e. The zero-order chi connectivity index (χ0) is 17.0. The fourth-order valence-electron chi connectivity index (χ4n) is 3.06. The second-order valence-corrected chi connectivity index (χ2v) is 8.96. The summed E-state index contributed by atoms with van der Waals surface area (Å²) in [6.45, 7) is 2.39. The maximum Gasteiger partial charge on any atom is 0.240 e. The summed E-state index contributed by atoms with van der Waals surface area (Å²) in [6, 6.07) is 8.52. The highest BCUT2D eigenvalue weighted by atomic mass is 35.5. The summed E-state index contributed by atoms with van der Waals surface area (Å²) in [4.78, 5) is 2.59. The van der Waals surface area contributed by atoms with Crippen LogP contribution in [0.2, 0.25) is 5.02 Å². The Labute approximate surface area is 152 Å². The summed E-state index contributed by atoms with van der Waals surface area (Å²) in [6.07, 6.45) is 3.59. The molecule has 1 atom stereocenters. The molecule has 2 heterocycles. The zero-order valence-corrected chi connectivity index (χ0v) is 15.7. The fourth-order valence-corrected chi connectivity index (χ4v) is 5.10. The molecule has 0 aliphatic carbocycles. The summed E-state index contributed by atoms with van der Waals surface area (Å²) in [5, 5.41) is 4.56. The zero-order valence-electron chi connectivity index (χ0n) is 13.3. The first-order valence-corrected chi connectivity index (χ1v) is 10.9. The van der Waals surface area contributed by atoms with Crippen molar-refractivity contribution in [1.29, 1.82) is 0 Å². The maximum absolute atomic E-state index is 12.6. The maximum atomic E-state index is 12.6. The van der Waals surface area contributed by atoms with Crippen LogP contribution in [0.3, 0.4) is 0 Å². The molecule has 0 radical (unpaired) electrons. The van der Waals surface area contributed by atoms with Gasteiger partial charge in [-0.15, -0.1) is 0 Å². The fraction of sp³-hybridized carbons (Fsp3) is 0.412. The lowest BCUT2D eigenvalue weighted by Crippen LogP contribution is -2.40. The van der Waals surface area contributed by atoms with E-state index in [0.717, 1.165) is 13.1 Å². The molecule has 1 aliphatic heterocycles. The van der Waals surface area contributed by atoms with Gasteiger partial charge in [0.05, 0.1) is 4.90 Å². The van der Waals surface area contributed by atoms with E-state index in [2.05, 4.69) is 21.1 Å². The molecule has 0 spiro atoms. The molecule has 1 saturated heterocycles. The number of benzene rings is 1. The van der Waals surface area contributed by atoms with E-state index in [4.69, 9.17) is 11.6 Å². The van der Waals surface area contributed by atoms with Crippen molar-refractivity contribution in [3.05, 3.63) is 51.7 Å². The van der Waals surface area contributed by atoms with E-state index < -0.39 is 10.0 Å². The van der Waals surface area contributed by atoms with Gasteiger partial charge in [0, 0.05) is 17.6 Å². The van der Waals surface area contributed by atoms with Crippen LogP contribution in [0.15, 0.2) is 46.0 Å². The Hall–Kier alpha value is -0.920. The number of hydrogen-bond donors (Lipinski definition) is 1. The van der Waals surface area contributed by atoms with Gasteiger partial charge in [-0.2, -0.15) is 11.3 Å². The first kappa shape index (κ1) is 17.9. The SMILES string of the molecule is O=S(=O)(NCC(c1ccsc1)N1CCCCC1)c1cccc(Cl)c1. The van der Waals surface area contributed by atoms with Crippen molar-refractivity contribution in [2.75, 3.05) is 19.6 Å². The van der Waals surface area contributed by atoms with Crippen LogP contribution >= 0.6 is 22.9 Å². The molecule has 4 nitrogen and oxygen atoms in total. The summed E-state index contributed by atoms with van der Waals surface area (Å²) < 4.78 is 27.9. The second-order valence-electron chi connectivity index (χ2n) is 5.98. The number of likely N-dealkylation sites (tertiary alicyclic amines) is 1. The Bertz CT molecular complexity index is 757. The lowest BCUT2D eigenvalue weighted by molar-refractivity contribution is 0.165. The van der Waals surface area contributed by atoms with Gasteiger partial charge in [-0.1, -0.05) is 24.1 Å². The third kappa shape index (κ3) is 4.37. The number of piperidine rings is 1. The van der Waals surface area contributed by atoms with Crippen molar-refractivity contribution < 1.29 is 8.42 Å². The van der Waals surface area contributed by atoms with Crippen LogP contribution in [0.1, 0.15) is 30.9 Å². The van der Waals surface area contributed by atoms with E-state index in [1.165, 1.54) is 30.9 Å². The quantitative estimate of drug-likeness (QED) is 0.821. The van der Waals surface area contributed by atoms with Gasteiger partial charge in [0.15, 0.2) is 0 Å². The van der Waals surface area contributed by atoms with Crippen molar-refractivity contribution >= 4 is 33.0 Å². The average Bonchev–Trinajstić information content (AvgIpc) is 3.10. The normalized spacial score (nSPS) is 17.7. The number of thiophene rings is 1. The van der Waals surface area contributed by atoms with E-state index in [1.807, 2.05) is 5.38 Å². The Balaban J connectivity index is 1.75. The van der Waals surface area contributed by atoms with Crippen molar-refractivity contribution in [2.24, 2.45) is 0 Å². The van der Waals surface area contributed by atoms with Crippen LogP contribution < -0.4 is 4.72 Å². The minimum absolute atomic E-state index is 0.0745. The minimum atomic E-state index is -3.57. The van der Waals surface area contributed by atoms with Gasteiger partial charge >= 0.3 is 0 Å². The van der Waals surface area contributed by atoms with Crippen molar-refractivity contribution in [1.82, 2.24) is 9.62 Å². The highest BCUT2D eigenvalue weighted by Gasteiger charge is 2.25. The third-order valence-electron chi connectivity index (χ3n) is 4.33. The first-order chi connectivity index (χ1) is 11.6. The third-order valence-corrected chi connectivity index (χ3v) is 6.69. The minimum Gasteiger partial charge on any atom is -0.295 e. The van der Waals surface area contributed by atoms with E-state index >= 15 is 0 Å². The molecular weight excluding hydrogens is 364 g/mol. The van der Waals surface area contributed by atoms with E-state index in [0.29, 0.717) is 11.6 Å². The predicted octanol–water partition coefficient (Wildman–Crippen LogP) is 3.91. The number of hydrogen-bond acceptors (Lipinski definition) is 4. The van der Waals surface area contributed by atoms with E-state index in [1.54, 1.807) is 29.5 Å². The Morgan fingerprint density at radius 3 is 2.67 bits per heavy atom. The molecule has 1 aromatic carbocycles. The van der Waals surface area contributed by atoms with Gasteiger partial charge in [-0.25, -0.2) is 13.1 Å². The predicted molar refractivity (Wildman–Crippen MR) is 99.1 cm³/mol. The van der Waals surface area contributed by atoms with Gasteiger partial charge in [0.2, 0.25) is 10.0 Å². The molecule has 7 heteroatoms. The molecule has 1 aliphatic rings. The Morgan fingerprint density at radius 1 is 1.21 bits per heavy atom.